The standard InChI is InChI=1S/C12H19N7/c1-4-8-11(14-7-15-12(8)17-13)16-10-6-19(3)18-9(10)5-2/h6-7H,4-5,13H2,1-3H3,(H2,14,15,16,17). The number of aryl methyl sites for hydroxylation is 2. The Labute approximate surface area is 112 Å². The maximum Gasteiger partial charge on any atom is 0.148 e. The Morgan fingerprint density at radius 1 is 1.21 bits per heavy atom. The molecule has 0 saturated heterocycles. The number of hydrazine groups is 1. The zero-order valence-corrected chi connectivity index (χ0v) is 11.4. The van der Waals surface area contributed by atoms with E-state index in [1.165, 1.54) is 6.33 Å². The van der Waals surface area contributed by atoms with Crippen LogP contribution in [0.5, 0.6) is 0 Å². The summed E-state index contributed by atoms with van der Waals surface area (Å²) >= 11 is 0. The third-order valence-corrected chi connectivity index (χ3v) is 2.93. The zero-order valence-electron chi connectivity index (χ0n) is 11.4. The van der Waals surface area contributed by atoms with Crippen LogP contribution in [0.15, 0.2) is 12.5 Å². The van der Waals surface area contributed by atoms with Gasteiger partial charge in [0.05, 0.1) is 11.4 Å². The van der Waals surface area contributed by atoms with Crippen LogP contribution >= 0.6 is 0 Å². The number of nitrogens with two attached hydrogens (primary N) is 1. The van der Waals surface area contributed by atoms with E-state index < -0.39 is 0 Å². The van der Waals surface area contributed by atoms with Crippen molar-refractivity contribution in [3.05, 3.63) is 23.8 Å². The van der Waals surface area contributed by atoms with E-state index in [9.17, 15) is 0 Å². The van der Waals surface area contributed by atoms with Gasteiger partial charge in [0.25, 0.3) is 0 Å². The molecule has 0 fully saturated rings. The second-order valence-electron chi connectivity index (χ2n) is 4.19. The first-order chi connectivity index (χ1) is 9.19. The van der Waals surface area contributed by atoms with E-state index >= 15 is 0 Å². The molecule has 102 valence electrons. The smallest absolute Gasteiger partial charge is 0.148 e. The summed E-state index contributed by atoms with van der Waals surface area (Å²) in [4.78, 5) is 8.39. The Kier molecular flexibility index (Phi) is 3.96. The Hall–Kier alpha value is -2.15. The van der Waals surface area contributed by atoms with Gasteiger partial charge in [-0.15, -0.1) is 0 Å². The van der Waals surface area contributed by atoms with Gasteiger partial charge in [-0.2, -0.15) is 5.10 Å². The van der Waals surface area contributed by atoms with E-state index in [1.54, 1.807) is 4.68 Å². The van der Waals surface area contributed by atoms with Crippen molar-refractivity contribution in [1.82, 2.24) is 19.7 Å². The van der Waals surface area contributed by atoms with Crippen molar-refractivity contribution >= 4 is 17.3 Å². The number of rotatable bonds is 5. The third-order valence-electron chi connectivity index (χ3n) is 2.93. The highest BCUT2D eigenvalue weighted by Gasteiger charge is 2.12. The van der Waals surface area contributed by atoms with Gasteiger partial charge in [0, 0.05) is 18.8 Å². The van der Waals surface area contributed by atoms with Gasteiger partial charge in [-0.3, -0.25) is 4.68 Å². The number of nitrogens with zero attached hydrogens (tertiary/aromatic N) is 4. The highest BCUT2D eigenvalue weighted by molar-refractivity contribution is 5.65. The molecule has 0 spiro atoms. The highest BCUT2D eigenvalue weighted by atomic mass is 15.3. The van der Waals surface area contributed by atoms with Crippen LogP contribution in [0.2, 0.25) is 0 Å². The lowest BCUT2D eigenvalue weighted by molar-refractivity contribution is 0.746. The molecule has 0 aliphatic heterocycles. The number of hydrogen-bond acceptors (Lipinski definition) is 6. The van der Waals surface area contributed by atoms with E-state index in [0.29, 0.717) is 5.82 Å². The molecule has 0 aromatic carbocycles. The molecule has 2 aromatic heterocycles. The maximum absolute atomic E-state index is 5.46. The molecule has 0 aliphatic carbocycles. The van der Waals surface area contributed by atoms with Crippen LogP contribution in [-0.2, 0) is 19.9 Å². The molecule has 2 aromatic rings. The summed E-state index contributed by atoms with van der Waals surface area (Å²) in [6, 6.07) is 0. The number of nitrogen functional groups attached to an aromatic ring is 1. The Bertz CT molecular complexity index is 561. The second kappa shape index (κ2) is 5.66. The summed E-state index contributed by atoms with van der Waals surface area (Å²) in [5.41, 5.74) is 5.51. The van der Waals surface area contributed by atoms with Crippen LogP contribution in [0, 0.1) is 0 Å². The fourth-order valence-electron chi connectivity index (χ4n) is 2.01. The van der Waals surface area contributed by atoms with Gasteiger partial charge in [-0.1, -0.05) is 13.8 Å². The fraction of sp³-hybridized carbons (Fsp3) is 0.417. The van der Waals surface area contributed by atoms with Gasteiger partial charge in [0.1, 0.15) is 18.0 Å². The Balaban J connectivity index is 2.37. The summed E-state index contributed by atoms with van der Waals surface area (Å²) in [6.07, 6.45) is 5.07. The van der Waals surface area contributed by atoms with Gasteiger partial charge in [-0.05, 0) is 12.8 Å². The molecule has 0 unspecified atom stereocenters. The number of anilines is 3. The molecule has 7 nitrogen and oxygen atoms in total. The van der Waals surface area contributed by atoms with Crippen LogP contribution in [0.4, 0.5) is 17.3 Å². The molecule has 4 N–H and O–H groups in total. The van der Waals surface area contributed by atoms with Gasteiger partial charge < -0.3 is 10.7 Å². The normalized spacial score (nSPS) is 10.5. The maximum atomic E-state index is 5.46. The molecule has 0 saturated carbocycles. The lowest BCUT2D eigenvalue weighted by atomic mass is 10.2. The van der Waals surface area contributed by atoms with Crippen molar-refractivity contribution in [2.75, 3.05) is 10.7 Å². The van der Waals surface area contributed by atoms with E-state index in [0.717, 1.165) is 35.6 Å². The summed E-state index contributed by atoms with van der Waals surface area (Å²) in [5, 5.41) is 7.70. The summed E-state index contributed by atoms with van der Waals surface area (Å²) in [5.74, 6) is 6.86. The number of nitrogens with one attached hydrogen (secondary N) is 2. The average molecular weight is 261 g/mol. The average Bonchev–Trinajstić information content (AvgIpc) is 2.78. The molecule has 0 aliphatic rings. The van der Waals surface area contributed by atoms with Crippen molar-refractivity contribution in [2.24, 2.45) is 12.9 Å². The summed E-state index contributed by atoms with van der Waals surface area (Å²) < 4.78 is 1.79. The Morgan fingerprint density at radius 2 is 1.95 bits per heavy atom. The van der Waals surface area contributed by atoms with Crippen molar-refractivity contribution in [3.8, 4) is 0 Å². The highest BCUT2D eigenvalue weighted by Crippen LogP contribution is 2.25. The summed E-state index contributed by atoms with van der Waals surface area (Å²) in [7, 11) is 1.90. The van der Waals surface area contributed by atoms with Crippen LogP contribution in [0.1, 0.15) is 25.1 Å². The minimum Gasteiger partial charge on any atom is -0.337 e. The van der Waals surface area contributed by atoms with Gasteiger partial charge in [-0.25, -0.2) is 15.8 Å². The predicted octanol–water partition coefficient (Wildman–Crippen LogP) is 1.36. The largest absolute Gasteiger partial charge is 0.337 e. The van der Waals surface area contributed by atoms with E-state index in [4.69, 9.17) is 5.84 Å². The van der Waals surface area contributed by atoms with Crippen LogP contribution in [0.25, 0.3) is 0 Å². The molecule has 0 radical (unpaired) electrons. The first-order valence-electron chi connectivity index (χ1n) is 6.29. The molecule has 0 amide bonds. The van der Waals surface area contributed by atoms with Crippen molar-refractivity contribution < 1.29 is 0 Å². The van der Waals surface area contributed by atoms with E-state index in [2.05, 4.69) is 32.7 Å². The van der Waals surface area contributed by atoms with Crippen molar-refractivity contribution in [2.45, 2.75) is 26.7 Å². The first kappa shape index (κ1) is 13.3. The minimum absolute atomic E-state index is 0.641. The molecular weight excluding hydrogens is 242 g/mol. The fourth-order valence-corrected chi connectivity index (χ4v) is 2.01. The van der Waals surface area contributed by atoms with Gasteiger partial charge in [0.2, 0.25) is 0 Å². The molecule has 19 heavy (non-hydrogen) atoms. The minimum atomic E-state index is 0.641. The third kappa shape index (κ3) is 2.65. The quantitative estimate of drug-likeness (QED) is 0.556. The van der Waals surface area contributed by atoms with Crippen molar-refractivity contribution in [1.29, 1.82) is 0 Å². The van der Waals surface area contributed by atoms with Crippen LogP contribution in [0.3, 0.4) is 0 Å². The molecule has 0 atom stereocenters. The molecule has 2 heterocycles. The first-order valence-corrected chi connectivity index (χ1v) is 6.29. The van der Waals surface area contributed by atoms with Crippen LogP contribution in [-0.4, -0.2) is 19.7 Å². The van der Waals surface area contributed by atoms with Crippen molar-refractivity contribution in [3.63, 3.8) is 0 Å². The molecule has 0 bridgehead atoms. The zero-order chi connectivity index (χ0) is 13.8. The molecular formula is C12H19N7. The molecule has 2 rings (SSSR count). The van der Waals surface area contributed by atoms with Gasteiger partial charge >= 0.3 is 0 Å². The Morgan fingerprint density at radius 3 is 2.58 bits per heavy atom. The van der Waals surface area contributed by atoms with E-state index in [1.807, 2.05) is 20.2 Å². The SMILES string of the molecule is CCc1nn(C)cc1Nc1ncnc(NN)c1CC. The number of hydrogen-bond donors (Lipinski definition) is 3. The van der Waals surface area contributed by atoms with Gasteiger partial charge in [0.15, 0.2) is 0 Å². The monoisotopic (exact) mass is 261 g/mol. The summed E-state index contributed by atoms with van der Waals surface area (Å²) in [6.45, 7) is 4.11. The van der Waals surface area contributed by atoms with Crippen LogP contribution < -0.4 is 16.6 Å². The lowest BCUT2D eigenvalue weighted by Crippen LogP contribution is -2.13. The molecule has 7 heteroatoms. The second-order valence-corrected chi connectivity index (χ2v) is 4.19. The predicted molar refractivity (Wildman–Crippen MR) is 75.1 cm³/mol. The lowest BCUT2D eigenvalue weighted by Gasteiger charge is -2.12. The number of aromatic nitrogens is 4. The topological polar surface area (TPSA) is 93.7 Å². The van der Waals surface area contributed by atoms with E-state index in [-0.39, 0.29) is 0 Å².